The molecular weight excluding hydrogens is 282 g/mol. The van der Waals surface area contributed by atoms with Gasteiger partial charge in [0.15, 0.2) is 4.21 Å². The van der Waals surface area contributed by atoms with Crippen molar-refractivity contribution in [3.05, 3.63) is 47.3 Å². The van der Waals surface area contributed by atoms with Crippen molar-refractivity contribution >= 4 is 21.4 Å². The Labute approximate surface area is 117 Å². The summed E-state index contributed by atoms with van der Waals surface area (Å²) in [5.74, 6) is -0.184. The molecule has 0 atom stereocenters. The summed E-state index contributed by atoms with van der Waals surface area (Å²) in [6.07, 6.45) is 0. The monoisotopic (exact) mass is 297 g/mol. The van der Waals surface area contributed by atoms with Crippen LogP contribution < -0.4 is 0 Å². The van der Waals surface area contributed by atoms with Crippen LogP contribution in [-0.4, -0.2) is 24.4 Å². The lowest BCUT2D eigenvalue weighted by molar-refractivity contribution is 0.416. The summed E-state index contributed by atoms with van der Waals surface area (Å²) in [4.78, 5) is 0. The molecule has 1 N–H and O–H groups in total. The molecule has 0 aliphatic rings. The van der Waals surface area contributed by atoms with Crippen LogP contribution in [0.2, 0.25) is 0 Å². The molecule has 0 saturated heterocycles. The highest BCUT2D eigenvalue weighted by Crippen LogP contribution is 2.31. The molecule has 6 heteroatoms. The van der Waals surface area contributed by atoms with Crippen LogP contribution in [0, 0.1) is 0 Å². The first-order valence-corrected chi connectivity index (χ1v) is 8.18. The van der Waals surface area contributed by atoms with Crippen molar-refractivity contribution in [2.45, 2.75) is 17.7 Å². The molecule has 0 aliphatic heterocycles. The minimum atomic E-state index is -3.63. The summed E-state index contributed by atoms with van der Waals surface area (Å²) < 4.78 is 26.2. The molecule has 0 fully saturated rings. The van der Waals surface area contributed by atoms with Crippen LogP contribution in [0.4, 0.5) is 0 Å². The summed E-state index contributed by atoms with van der Waals surface area (Å²) >= 11 is 1.03. The maximum absolute atomic E-state index is 12.4. The van der Waals surface area contributed by atoms with E-state index in [4.69, 9.17) is 0 Å². The highest BCUT2D eigenvalue weighted by Gasteiger charge is 2.27. The van der Waals surface area contributed by atoms with Gasteiger partial charge in [0.2, 0.25) is 0 Å². The van der Waals surface area contributed by atoms with Gasteiger partial charge in [-0.05, 0) is 17.0 Å². The Hall–Kier alpha value is -1.37. The number of hydrogen-bond donors (Lipinski definition) is 1. The van der Waals surface area contributed by atoms with Gasteiger partial charge in [-0.2, -0.15) is 4.31 Å². The zero-order chi connectivity index (χ0) is 13.9. The molecule has 19 heavy (non-hydrogen) atoms. The summed E-state index contributed by atoms with van der Waals surface area (Å²) in [5.41, 5.74) is 0.920. The van der Waals surface area contributed by atoms with Gasteiger partial charge in [0.1, 0.15) is 5.75 Å². The fourth-order valence-electron chi connectivity index (χ4n) is 1.75. The van der Waals surface area contributed by atoms with Crippen LogP contribution in [0.25, 0.3) is 0 Å². The summed E-state index contributed by atoms with van der Waals surface area (Å²) in [5, 5.41) is 11.2. The van der Waals surface area contributed by atoms with Gasteiger partial charge in [0.25, 0.3) is 10.0 Å². The smallest absolute Gasteiger partial charge is 0.256 e. The summed E-state index contributed by atoms with van der Waals surface area (Å²) in [6, 6.07) is 10.8. The van der Waals surface area contributed by atoms with Gasteiger partial charge in [-0.1, -0.05) is 37.3 Å². The average molecular weight is 297 g/mol. The summed E-state index contributed by atoms with van der Waals surface area (Å²) in [7, 11) is -3.63. The third kappa shape index (κ3) is 2.97. The molecule has 0 bridgehead atoms. The largest absolute Gasteiger partial charge is 0.506 e. The van der Waals surface area contributed by atoms with Crippen molar-refractivity contribution in [2.75, 3.05) is 6.54 Å². The average Bonchev–Trinajstić information content (AvgIpc) is 2.84. The Morgan fingerprint density at radius 1 is 1.21 bits per heavy atom. The van der Waals surface area contributed by atoms with E-state index >= 15 is 0 Å². The molecular formula is C13H15NO3S2. The van der Waals surface area contributed by atoms with Gasteiger partial charge >= 0.3 is 0 Å². The van der Waals surface area contributed by atoms with E-state index in [0.717, 1.165) is 16.9 Å². The standard InChI is InChI=1S/C13H15NO3S2/c1-2-14(10-11-6-4-3-5-7-11)19(16,17)13-12(15)8-9-18-13/h3-9,15H,2,10H2,1H3. The third-order valence-electron chi connectivity index (χ3n) is 2.74. The first-order chi connectivity index (χ1) is 9.05. The molecule has 4 nitrogen and oxygen atoms in total. The SMILES string of the molecule is CCN(Cc1ccccc1)S(=O)(=O)c1sccc1O. The lowest BCUT2D eigenvalue weighted by atomic mass is 10.2. The van der Waals surface area contributed by atoms with Crippen molar-refractivity contribution in [3.63, 3.8) is 0 Å². The quantitative estimate of drug-likeness (QED) is 0.923. The maximum Gasteiger partial charge on any atom is 0.256 e. The van der Waals surface area contributed by atoms with E-state index < -0.39 is 10.0 Å². The first kappa shape index (κ1) is 14.0. The Bertz CT molecular complexity index is 635. The van der Waals surface area contributed by atoms with Crippen molar-refractivity contribution in [1.29, 1.82) is 0 Å². The van der Waals surface area contributed by atoms with Crippen LogP contribution >= 0.6 is 11.3 Å². The van der Waals surface area contributed by atoms with E-state index in [1.54, 1.807) is 12.3 Å². The van der Waals surface area contributed by atoms with E-state index in [0.29, 0.717) is 13.1 Å². The fraction of sp³-hybridized carbons (Fsp3) is 0.231. The topological polar surface area (TPSA) is 57.6 Å². The second kappa shape index (κ2) is 5.73. The molecule has 0 spiro atoms. The van der Waals surface area contributed by atoms with Crippen LogP contribution in [0.5, 0.6) is 5.75 Å². The van der Waals surface area contributed by atoms with E-state index in [2.05, 4.69) is 0 Å². The molecule has 0 amide bonds. The minimum absolute atomic E-state index is 0.00489. The number of sulfonamides is 1. The number of thiophene rings is 1. The number of hydrogen-bond acceptors (Lipinski definition) is 4. The molecule has 0 unspecified atom stereocenters. The second-order valence-electron chi connectivity index (χ2n) is 4.01. The molecule has 0 aliphatic carbocycles. The molecule has 2 rings (SSSR count). The molecule has 1 aromatic carbocycles. The Kier molecular flexibility index (Phi) is 4.24. The van der Waals surface area contributed by atoms with Gasteiger partial charge in [-0.25, -0.2) is 8.42 Å². The van der Waals surface area contributed by atoms with Crippen molar-refractivity contribution < 1.29 is 13.5 Å². The molecule has 0 saturated carbocycles. The van der Waals surface area contributed by atoms with Gasteiger partial charge in [-0.3, -0.25) is 0 Å². The van der Waals surface area contributed by atoms with Gasteiger partial charge in [-0.15, -0.1) is 11.3 Å². The number of rotatable bonds is 5. The zero-order valence-electron chi connectivity index (χ0n) is 10.5. The Morgan fingerprint density at radius 2 is 1.89 bits per heavy atom. The maximum atomic E-state index is 12.4. The molecule has 1 heterocycles. The van der Waals surface area contributed by atoms with E-state index in [9.17, 15) is 13.5 Å². The fourth-order valence-corrected chi connectivity index (χ4v) is 4.46. The number of benzene rings is 1. The lowest BCUT2D eigenvalue weighted by Crippen LogP contribution is -2.29. The normalized spacial score (nSPS) is 11.9. The second-order valence-corrected chi connectivity index (χ2v) is 7.06. The lowest BCUT2D eigenvalue weighted by Gasteiger charge is -2.19. The van der Waals surface area contributed by atoms with Crippen molar-refractivity contribution in [1.82, 2.24) is 4.31 Å². The molecule has 2 aromatic rings. The highest BCUT2D eigenvalue weighted by molar-refractivity contribution is 7.91. The van der Waals surface area contributed by atoms with Crippen molar-refractivity contribution in [2.24, 2.45) is 0 Å². The molecule has 102 valence electrons. The predicted molar refractivity (Wildman–Crippen MR) is 75.7 cm³/mol. The van der Waals surface area contributed by atoms with Gasteiger partial charge in [0.05, 0.1) is 0 Å². The minimum Gasteiger partial charge on any atom is -0.506 e. The van der Waals surface area contributed by atoms with Crippen LogP contribution in [0.3, 0.4) is 0 Å². The van der Waals surface area contributed by atoms with Crippen LogP contribution in [0.15, 0.2) is 46.0 Å². The van der Waals surface area contributed by atoms with Crippen LogP contribution in [0.1, 0.15) is 12.5 Å². The van der Waals surface area contributed by atoms with Gasteiger partial charge < -0.3 is 5.11 Å². The third-order valence-corrected chi connectivity index (χ3v) is 6.10. The van der Waals surface area contributed by atoms with Crippen LogP contribution in [-0.2, 0) is 16.6 Å². The zero-order valence-corrected chi connectivity index (χ0v) is 12.1. The van der Waals surface area contributed by atoms with E-state index in [-0.39, 0.29) is 9.96 Å². The molecule has 1 aromatic heterocycles. The molecule has 0 radical (unpaired) electrons. The highest BCUT2D eigenvalue weighted by atomic mass is 32.2. The number of aromatic hydroxyl groups is 1. The first-order valence-electron chi connectivity index (χ1n) is 5.86. The Balaban J connectivity index is 2.30. The van der Waals surface area contributed by atoms with Crippen molar-refractivity contribution in [3.8, 4) is 5.75 Å². The Morgan fingerprint density at radius 3 is 2.42 bits per heavy atom. The predicted octanol–water partition coefficient (Wildman–Crippen LogP) is 2.66. The number of nitrogens with zero attached hydrogens (tertiary/aromatic N) is 1. The summed E-state index contributed by atoms with van der Waals surface area (Å²) in [6.45, 7) is 2.44. The van der Waals surface area contributed by atoms with E-state index in [1.807, 2.05) is 30.3 Å². The van der Waals surface area contributed by atoms with E-state index in [1.165, 1.54) is 10.4 Å². The van der Waals surface area contributed by atoms with Gasteiger partial charge in [0, 0.05) is 13.1 Å².